The summed E-state index contributed by atoms with van der Waals surface area (Å²) in [6.07, 6.45) is 0. The van der Waals surface area contributed by atoms with Gasteiger partial charge in [-0.05, 0) is 13.8 Å². The molecular weight excluding hydrogens is 368 g/mol. The molecule has 9 heteroatoms. The van der Waals surface area contributed by atoms with Gasteiger partial charge < -0.3 is 5.11 Å². The van der Waals surface area contributed by atoms with Gasteiger partial charge in [-0.25, -0.2) is 14.8 Å². The highest BCUT2D eigenvalue weighted by Crippen LogP contribution is 2.29. The number of hydrogen-bond donors (Lipinski definition) is 1. The summed E-state index contributed by atoms with van der Waals surface area (Å²) < 4.78 is 2.23. The average molecular weight is 386 g/mol. The van der Waals surface area contributed by atoms with Gasteiger partial charge in [-0.1, -0.05) is 41.6 Å². The van der Waals surface area contributed by atoms with E-state index in [0.717, 1.165) is 21.9 Å². The topological polar surface area (TPSA) is 107 Å². The van der Waals surface area contributed by atoms with Gasteiger partial charge in [0.25, 0.3) is 5.56 Å². The predicted octanol–water partition coefficient (Wildman–Crippen LogP) is 1.57. The molecule has 0 spiro atoms. The van der Waals surface area contributed by atoms with Crippen molar-refractivity contribution in [2.75, 3.05) is 0 Å². The molecule has 3 aromatic rings. The highest BCUT2D eigenvalue weighted by atomic mass is 32.2. The molecule has 140 valence electrons. The van der Waals surface area contributed by atoms with Gasteiger partial charge in [0.1, 0.15) is 15.7 Å². The van der Waals surface area contributed by atoms with Crippen LogP contribution < -0.4 is 11.2 Å². The van der Waals surface area contributed by atoms with Crippen LogP contribution in [0.3, 0.4) is 0 Å². The lowest BCUT2D eigenvalue weighted by Gasteiger charge is -2.13. The SMILES string of the molecule is Cc1ccc(-c2nc(S[C@@H](C)C(=O)O)c3c(=O)n(C)c(=O)n(C)c3n2)cc1. The van der Waals surface area contributed by atoms with Gasteiger partial charge in [0, 0.05) is 19.7 Å². The standard InChI is InChI=1S/C18H18N4O4S/c1-9-5-7-11(8-6-9)13-19-14-12(15(20-13)27-10(2)17(24)25)16(23)22(4)18(26)21(14)3/h5-8,10H,1-4H3,(H,24,25)/t10-/m0/s1. The van der Waals surface area contributed by atoms with E-state index in [1.807, 2.05) is 31.2 Å². The number of hydrogen-bond acceptors (Lipinski definition) is 6. The summed E-state index contributed by atoms with van der Waals surface area (Å²) >= 11 is 0.951. The number of carbonyl (C=O) groups is 1. The zero-order chi connectivity index (χ0) is 19.9. The third-order valence-electron chi connectivity index (χ3n) is 4.21. The molecule has 0 saturated heterocycles. The number of rotatable bonds is 4. The number of nitrogens with zero attached hydrogens (tertiary/aromatic N) is 4. The van der Waals surface area contributed by atoms with Crippen LogP contribution in [0, 0.1) is 6.92 Å². The lowest BCUT2D eigenvalue weighted by atomic mass is 10.1. The Balaban J connectivity index is 2.37. The maximum absolute atomic E-state index is 12.7. The third kappa shape index (κ3) is 3.37. The van der Waals surface area contributed by atoms with Crippen molar-refractivity contribution in [3.63, 3.8) is 0 Å². The molecule has 0 radical (unpaired) electrons. The van der Waals surface area contributed by atoms with Gasteiger partial charge in [0.05, 0.1) is 0 Å². The highest BCUT2D eigenvalue weighted by molar-refractivity contribution is 8.00. The third-order valence-corrected chi connectivity index (χ3v) is 5.29. The Morgan fingerprint density at radius 1 is 1.11 bits per heavy atom. The maximum Gasteiger partial charge on any atom is 0.332 e. The fourth-order valence-electron chi connectivity index (χ4n) is 2.56. The van der Waals surface area contributed by atoms with E-state index in [1.165, 1.54) is 25.6 Å². The number of benzene rings is 1. The molecule has 0 bridgehead atoms. The number of fused-ring (bicyclic) bond motifs is 1. The van der Waals surface area contributed by atoms with E-state index in [4.69, 9.17) is 0 Å². The van der Waals surface area contributed by atoms with Gasteiger partial charge in [-0.3, -0.25) is 18.7 Å². The molecule has 1 atom stereocenters. The number of aryl methyl sites for hydroxylation is 2. The summed E-state index contributed by atoms with van der Waals surface area (Å²) in [4.78, 5) is 45.2. The van der Waals surface area contributed by atoms with Crippen molar-refractivity contribution in [1.82, 2.24) is 19.1 Å². The Bertz CT molecular complexity index is 1170. The van der Waals surface area contributed by atoms with Gasteiger partial charge in [0.15, 0.2) is 11.5 Å². The van der Waals surface area contributed by atoms with E-state index in [2.05, 4.69) is 9.97 Å². The summed E-state index contributed by atoms with van der Waals surface area (Å²) in [7, 11) is 2.89. The predicted molar refractivity (Wildman–Crippen MR) is 103 cm³/mol. The largest absolute Gasteiger partial charge is 0.480 e. The van der Waals surface area contributed by atoms with E-state index in [-0.39, 0.29) is 16.1 Å². The minimum atomic E-state index is -1.02. The van der Waals surface area contributed by atoms with E-state index in [1.54, 1.807) is 0 Å². The van der Waals surface area contributed by atoms with Crippen LogP contribution in [-0.2, 0) is 18.9 Å². The average Bonchev–Trinajstić information content (AvgIpc) is 2.64. The number of carboxylic acid groups (broad SMARTS) is 1. The number of aromatic nitrogens is 4. The lowest BCUT2D eigenvalue weighted by Crippen LogP contribution is -2.37. The first kappa shape index (κ1) is 18.8. The summed E-state index contributed by atoms with van der Waals surface area (Å²) in [5.74, 6) is -0.698. The van der Waals surface area contributed by atoms with E-state index >= 15 is 0 Å². The van der Waals surface area contributed by atoms with Crippen molar-refractivity contribution in [2.24, 2.45) is 14.1 Å². The van der Waals surface area contributed by atoms with Crippen molar-refractivity contribution in [3.05, 3.63) is 50.7 Å². The van der Waals surface area contributed by atoms with Crippen LogP contribution in [0.1, 0.15) is 12.5 Å². The molecule has 1 aromatic carbocycles. The van der Waals surface area contributed by atoms with Crippen molar-refractivity contribution < 1.29 is 9.90 Å². The molecule has 0 amide bonds. The second-order valence-corrected chi connectivity index (χ2v) is 7.55. The van der Waals surface area contributed by atoms with Crippen LogP contribution in [0.4, 0.5) is 0 Å². The molecule has 0 aliphatic heterocycles. The van der Waals surface area contributed by atoms with Gasteiger partial charge in [-0.15, -0.1) is 0 Å². The molecule has 3 rings (SSSR count). The van der Waals surface area contributed by atoms with Gasteiger partial charge >= 0.3 is 11.7 Å². The van der Waals surface area contributed by atoms with Crippen LogP contribution >= 0.6 is 11.8 Å². The number of carboxylic acids is 1. The minimum Gasteiger partial charge on any atom is -0.480 e. The molecule has 2 heterocycles. The normalized spacial score (nSPS) is 12.3. The Morgan fingerprint density at radius 3 is 2.33 bits per heavy atom. The lowest BCUT2D eigenvalue weighted by molar-refractivity contribution is -0.136. The Hall–Kier alpha value is -2.94. The fraction of sp³-hybridized carbons (Fsp3) is 0.278. The fourth-order valence-corrected chi connectivity index (χ4v) is 3.44. The summed E-state index contributed by atoms with van der Waals surface area (Å²) in [6.45, 7) is 3.47. The monoisotopic (exact) mass is 386 g/mol. The molecule has 2 aromatic heterocycles. The second-order valence-electron chi connectivity index (χ2n) is 6.22. The number of aliphatic carboxylic acids is 1. The molecule has 0 aliphatic rings. The zero-order valence-corrected chi connectivity index (χ0v) is 16.1. The van der Waals surface area contributed by atoms with Crippen LogP contribution in [0.25, 0.3) is 22.4 Å². The van der Waals surface area contributed by atoms with Crippen LogP contribution in [-0.4, -0.2) is 35.4 Å². The Morgan fingerprint density at radius 2 is 1.74 bits per heavy atom. The zero-order valence-electron chi connectivity index (χ0n) is 15.3. The van der Waals surface area contributed by atoms with Crippen molar-refractivity contribution in [3.8, 4) is 11.4 Å². The second kappa shape index (κ2) is 6.99. The Kier molecular flexibility index (Phi) is 4.88. The van der Waals surface area contributed by atoms with E-state index in [0.29, 0.717) is 11.4 Å². The van der Waals surface area contributed by atoms with Crippen LogP contribution in [0.15, 0.2) is 38.9 Å². The first-order valence-electron chi connectivity index (χ1n) is 8.15. The van der Waals surface area contributed by atoms with Crippen LogP contribution in [0.5, 0.6) is 0 Å². The highest BCUT2D eigenvalue weighted by Gasteiger charge is 2.22. The molecule has 8 nitrogen and oxygen atoms in total. The summed E-state index contributed by atoms with van der Waals surface area (Å²) in [6, 6.07) is 7.48. The smallest absolute Gasteiger partial charge is 0.332 e. The molecule has 27 heavy (non-hydrogen) atoms. The first-order chi connectivity index (χ1) is 12.7. The van der Waals surface area contributed by atoms with Crippen LogP contribution in [0.2, 0.25) is 0 Å². The number of thioether (sulfide) groups is 1. The first-order valence-corrected chi connectivity index (χ1v) is 9.03. The van der Waals surface area contributed by atoms with Gasteiger partial charge in [-0.2, -0.15) is 0 Å². The van der Waals surface area contributed by atoms with Crippen molar-refractivity contribution in [1.29, 1.82) is 0 Å². The van der Waals surface area contributed by atoms with Crippen molar-refractivity contribution >= 4 is 28.8 Å². The minimum absolute atomic E-state index is 0.133. The molecule has 0 aliphatic carbocycles. The molecule has 0 saturated carbocycles. The molecule has 0 fully saturated rings. The summed E-state index contributed by atoms with van der Waals surface area (Å²) in [5, 5.41) is 8.80. The molecule has 1 N–H and O–H groups in total. The summed E-state index contributed by atoms with van der Waals surface area (Å²) in [5.41, 5.74) is 0.885. The van der Waals surface area contributed by atoms with Crippen molar-refractivity contribution in [2.45, 2.75) is 24.1 Å². The quantitative estimate of drug-likeness (QED) is 0.536. The maximum atomic E-state index is 12.7. The molecular formula is C18H18N4O4S. The van der Waals surface area contributed by atoms with Gasteiger partial charge in [0.2, 0.25) is 0 Å². The molecule has 0 unspecified atom stereocenters. The van der Waals surface area contributed by atoms with E-state index in [9.17, 15) is 19.5 Å². The van der Waals surface area contributed by atoms with E-state index < -0.39 is 22.5 Å². The Labute approximate surface area is 158 Å².